The number of nitrogens with one attached hydrogen (secondary N) is 1. The van der Waals surface area contributed by atoms with E-state index >= 15 is 0 Å². The molecule has 0 radical (unpaired) electrons. The average molecular weight is 397 g/mol. The monoisotopic (exact) mass is 397 g/mol. The molecular weight excluding hydrogens is 369 g/mol. The third-order valence-corrected chi connectivity index (χ3v) is 6.16. The molecule has 0 aliphatic carbocycles. The summed E-state index contributed by atoms with van der Waals surface area (Å²) in [6, 6.07) is 14.2. The highest BCUT2D eigenvalue weighted by atomic mass is 19.1. The van der Waals surface area contributed by atoms with Crippen LogP contribution in [0.3, 0.4) is 0 Å². The zero-order valence-electron chi connectivity index (χ0n) is 16.6. The van der Waals surface area contributed by atoms with Crippen LogP contribution in [0.1, 0.15) is 37.2 Å². The lowest BCUT2D eigenvalue weighted by atomic mass is 9.89. The van der Waals surface area contributed by atoms with Gasteiger partial charge in [-0.1, -0.05) is 12.1 Å². The van der Waals surface area contributed by atoms with Crippen LogP contribution in [-0.4, -0.2) is 48.3 Å². The zero-order valence-corrected chi connectivity index (χ0v) is 16.6. The molecule has 2 aliphatic heterocycles. The van der Waals surface area contributed by atoms with Crippen LogP contribution in [0.15, 0.2) is 48.5 Å². The Morgan fingerprint density at radius 1 is 0.897 bits per heavy atom. The van der Waals surface area contributed by atoms with Gasteiger partial charge in [-0.3, -0.25) is 0 Å². The van der Waals surface area contributed by atoms with Gasteiger partial charge in [0.25, 0.3) is 0 Å². The summed E-state index contributed by atoms with van der Waals surface area (Å²) in [6.07, 6.45) is 3.68. The van der Waals surface area contributed by atoms with Gasteiger partial charge in [-0.2, -0.15) is 0 Å². The highest BCUT2D eigenvalue weighted by molar-refractivity contribution is 5.74. The number of nitrogens with zero attached hydrogens (tertiary/aromatic N) is 2. The van der Waals surface area contributed by atoms with Gasteiger partial charge in [0.15, 0.2) is 0 Å². The Hall–Kier alpha value is -2.76. The largest absolute Gasteiger partial charge is 0.508 e. The second-order valence-corrected chi connectivity index (χ2v) is 8.04. The second kappa shape index (κ2) is 8.72. The van der Waals surface area contributed by atoms with Crippen LogP contribution in [0, 0.1) is 5.82 Å². The number of carbonyl (C=O) groups excluding carboxylic acids is 1. The van der Waals surface area contributed by atoms with Gasteiger partial charge in [-0.25, -0.2) is 9.18 Å². The van der Waals surface area contributed by atoms with Crippen molar-refractivity contribution in [3.05, 3.63) is 59.9 Å². The van der Waals surface area contributed by atoms with Gasteiger partial charge in [0.2, 0.25) is 0 Å². The predicted molar refractivity (Wildman–Crippen MR) is 112 cm³/mol. The number of benzene rings is 2. The number of hydrogen-bond donors (Lipinski definition) is 2. The third kappa shape index (κ3) is 4.81. The summed E-state index contributed by atoms with van der Waals surface area (Å²) in [5.41, 5.74) is 2.27. The van der Waals surface area contributed by atoms with Gasteiger partial charge in [0.05, 0.1) is 0 Å². The van der Waals surface area contributed by atoms with Crippen LogP contribution in [0.4, 0.5) is 14.9 Å². The van der Waals surface area contributed by atoms with E-state index in [9.17, 15) is 14.3 Å². The van der Waals surface area contributed by atoms with Gasteiger partial charge in [0.1, 0.15) is 11.6 Å². The number of phenols is 1. The van der Waals surface area contributed by atoms with Crippen LogP contribution in [-0.2, 0) is 0 Å². The maximum Gasteiger partial charge on any atom is 0.317 e. The van der Waals surface area contributed by atoms with E-state index in [1.165, 1.54) is 17.7 Å². The first-order valence-electron chi connectivity index (χ1n) is 10.4. The number of piperidine rings is 2. The smallest absolute Gasteiger partial charge is 0.317 e. The molecule has 0 unspecified atom stereocenters. The van der Waals surface area contributed by atoms with E-state index in [2.05, 4.69) is 10.2 Å². The number of carbonyl (C=O) groups is 1. The van der Waals surface area contributed by atoms with Gasteiger partial charge < -0.3 is 20.2 Å². The normalized spacial score (nSPS) is 18.7. The number of halogens is 1. The molecule has 6 heteroatoms. The number of urea groups is 1. The van der Waals surface area contributed by atoms with E-state index in [4.69, 9.17) is 0 Å². The van der Waals surface area contributed by atoms with Crippen molar-refractivity contribution in [3.8, 4) is 5.75 Å². The van der Waals surface area contributed by atoms with Gasteiger partial charge in [-0.05, 0) is 73.6 Å². The minimum Gasteiger partial charge on any atom is -0.508 e. The maximum atomic E-state index is 13.1. The van der Waals surface area contributed by atoms with Crippen molar-refractivity contribution in [2.24, 2.45) is 0 Å². The molecule has 29 heavy (non-hydrogen) atoms. The fourth-order valence-corrected chi connectivity index (χ4v) is 4.36. The fraction of sp³-hybridized carbons (Fsp3) is 0.435. The number of phenolic OH excluding ortho intramolecular Hbond substituents is 1. The van der Waals surface area contributed by atoms with Crippen LogP contribution < -0.4 is 10.2 Å². The van der Waals surface area contributed by atoms with Crippen molar-refractivity contribution in [1.29, 1.82) is 0 Å². The Morgan fingerprint density at radius 2 is 1.52 bits per heavy atom. The summed E-state index contributed by atoms with van der Waals surface area (Å²) in [4.78, 5) is 16.8. The van der Waals surface area contributed by atoms with Crippen molar-refractivity contribution in [3.63, 3.8) is 0 Å². The van der Waals surface area contributed by atoms with Crippen molar-refractivity contribution in [2.45, 2.75) is 37.6 Å². The summed E-state index contributed by atoms with van der Waals surface area (Å²) in [6.45, 7) is 3.23. The lowest BCUT2D eigenvalue weighted by Gasteiger charge is -2.36. The Balaban J connectivity index is 1.22. The molecule has 154 valence electrons. The maximum absolute atomic E-state index is 13.1. The van der Waals surface area contributed by atoms with Crippen LogP contribution >= 0.6 is 0 Å². The number of rotatable bonds is 3. The predicted octanol–water partition coefficient (Wildman–Crippen LogP) is 4.09. The average Bonchev–Trinajstić information content (AvgIpc) is 2.76. The molecule has 4 rings (SSSR count). The van der Waals surface area contributed by atoms with E-state index in [0.717, 1.165) is 57.5 Å². The molecule has 2 aliphatic rings. The molecule has 0 spiro atoms. The van der Waals surface area contributed by atoms with E-state index in [1.807, 2.05) is 29.2 Å². The number of likely N-dealkylation sites (tertiary alicyclic amines) is 1. The quantitative estimate of drug-likeness (QED) is 0.820. The highest BCUT2D eigenvalue weighted by Crippen LogP contribution is 2.29. The van der Waals surface area contributed by atoms with Gasteiger partial charge >= 0.3 is 6.03 Å². The Kier molecular flexibility index (Phi) is 5.88. The molecule has 2 heterocycles. The Labute approximate surface area is 171 Å². The minimum atomic E-state index is -0.218. The molecule has 0 saturated carbocycles. The Bertz CT molecular complexity index is 809. The lowest BCUT2D eigenvalue weighted by molar-refractivity contribution is 0.175. The molecule has 2 N–H and O–H groups in total. The number of hydrogen-bond acceptors (Lipinski definition) is 3. The molecule has 2 aromatic carbocycles. The summed E-state index contributed by atoms with van der Waals surface area (Å²) in [7, 11) is 0. The summed E-state index contributed by atoms with van der Waals surface area (Å²) in [5.74, 6) is 0.514. The Morgan fingerprint density at radius 3 is 2.14 bits per heavy atom. The first-order chi connectivity index (χ1) is 14.1. The molecule has 2 saturated heterocycles. The standard InChI is InChI=1S/C23H28FN3O2/c24-19-3-5-21(6-4-19)26-15-11-20(12-16-26)25-23(29)27-13-9-18(10-14-27)17-1-7-22(28)8-2-17/h1-8,18,20,28H,9-16H2,(H,25,29). The second-order valence-electron chi connectivity index (χ2n) is 8.04. The third-order valence-electron chi connectivity index (χ3n) is 6.16. The van der Waals surface area contributed by atoms with E-state index in [1.54, 1.807) is 12.1 Å². The molecule has 5 nitrogen and oxygen atoms in total. The van der Waals surface area contributed by atoms with Crippen LogP contribution in [0.2, 0.25) is 0 Å². The SMILES string of the molecule is O=C(NC1CCN(c2ccc(F)cc2)CC1)N1CCC(c2ccc(O)cc2)CC1. The first kappa shape index (κ1) is 19.6. The van der Waals surface area contributed by atoms with E-state index in [0.29, 0.717) is 5.92 Å². The van der Waals surface area contributed by atoms with E-state index in [-0.39, 0.29) is 23.6 Å². The van der Waals surface area contributed by atoms with Gasteiger partial charge in [0, 0.05) is 37.9 Å². The zero-order chi connectivity index (χ0) is 20.2. The molecule has 2 aromatic rings. The molecule has 2 amide bonds. The summed E-state index contributed by atoms with van der Waals surface area (Å²) in [5, 5.41) is 12.6. The summed E-state index contributed by atoms with van der Waals surface area (Å²) < 4.78 is 13.1. The molecule has 2 fully saturated rings. The number of amides is 2. The minimum absolute atomic E-state index is 0.0365. The van der Waals surface area contributed by atoms with Crippen molar-refractivity contribution in [2.75, 3.05) is 31.1 Å². The first-order valence-corrected chi connectivity index (χ1v) is 10.4. The van der Waals surface area contributed by atoms with E-state index < -0.39 is 0 Å². The summed E-state index contributed by atoms with van der Waals surface area (Å²) >= 11 is 0. The van der Waals surface area contributed by atoms with Gasteiger partial charge in [-0.15, -0.1) is 0 Å². The highest BCUT2D eigenvalue weighted by Gasteiger charge is 2.27. The van der Waals surface area contributed by atoms with Crippen LogP contribution in [0.25, 0.3) is 0 Å². The molecule has 0 atom stereocenters. The van der Waals surface area contributed by atoms with Crippen molar-refractivity contribution in [1.82, 2.24) is 10.2 Å². The lowest BCUT2D eigenvalue weighted by Crippen LogP contribution is -2.50. The van der Waals surface area contributed by atoms with Crippen molar-refractivity contribution < 1.29 is 14.3 Å². The number of aromatic hydroxyl groups is 1. The molecule has 0 aromatic heterocycles. The molecular formula is C23H28FN3O2. The van der Waals surface area contributed by atoms with Crippen molar-refractivity contribution >= 4 is 11.7 Å². The topological polar surface area (TPSA) is 55.8 Å². The van der Waals surface area contributed by atoms with Crippen LogP contribution in [0.5, 0.6) is 5.75 Å². The molecule has 0 bridgehead atoms. The number of anilines is 1. The fourth-order valence-electron chi connectivity index (χ4n) is 4.36.